The Balaban J connectivity index is 0.967. The summed E-state index contributed by atoms with van der Waals surface area (Å²) in [5.41, 5.74) is 3.61. The third kappa shape index (κ3) is 4.86. The summed E-state index contributed by atoms with van der Waals surface area (Å²) in [5, 5.41) is 25.1. The Bertz CT molecular complexity index is 1670. The first-order chi connectivity index (χ1) is 21.0. The second-order valence-corrected chi connectivity index (χ2v) is 12.8. The Kier molecular flexibility index (Phi) is 6.28. The molecule has 9 rings (SSSR count). The highest BCUT2D eigenvalue weighted by Gasteiger charge is 2.52. The van der Waals surface area contributed by atoms with Crippen molar-refractivity contribution in [2.75, 3.05) is 31.7 Å². The number of hydrogen-bond donors (Lipinski definition) is 1. The summed E-state index contributed by atoms with van der Waals surface area (Å²) < 4.78 is 13.1. The molecule has 7 heterocycles. The number of piperazine rings is 1. The monoisotopic (exact) mass is 577 g/mol. The number of anilines is 1. The van der Waals surface area contributed by atoms with E-state index in [-0.39, 0.29) is 0 Å². The van der Waals surface area contributed by atoms with Gasteiger partial charge in [-0.2, -0.15) is 10.4 Å². The first-order valence-electron chi connectivity index (χ1n) is 15.2. The molecule has 4 aromatic heterocycles. The van der Waals surface area contributed by atoms with E-state index < -0.39 is 5.60 Å². The average molecular weight is 578 g/mol. The summed E-state index contributed by atoms with van der Waals surface area (Å²) in [6.45, 7) is 3.21. The number of piperidine rings is 1. The summed E-state index contributed by atoms with van der Waals surface area (Å²) in [4.78, 5) is 14.2. The zero-order valence-electron chi connectivity index (χ0n) is 24.3. The lowest BCUT2D eigenvalue weighted by Crippen LogP contribution is -2.68. The smallest absolute Gasteiger partial charge is 0.212 e. The molecule has 2 saturated carbocycles. The van der Waals surface area contributed by atoms with Crippen LogP contribution >= 0.6 is 0 Å². The Morgan fingerprint density at radius 1 is 1.05 bits per heavy atom. The van der Waals surface area contributed by atoms with Crippen molar-refractivity contribution in [1.82, 2.24) is 24.5 Å². The molecular formula is C33H35N7O3. The van der Waals surface area contributed by atoms with Crippen LogP contribution in [0.15, 0.2) is 55.1 Å². The SMILES string of the molecule is COc1ccc(CN2C3CC2CN(c2ccc(-c4cc(OCCC5(O)CC6CC6C5)cn5ncc(C#N)c45)cn2)C3)cn1. The number of aliphatic hydroxyl groups is 1. The van der Waals surface area contributed by atoms with E-state index in [0.29, 0.717) is 54.1 Å². The molecule has 0 radical (unpaired) electrons. The highest BCUT2D eigenvalue weighted by Crippen LogP contribution is 2.57. The number of aromatic nitrogens is 4. The van der Waals surface area contributed by atoms with E-state index in [1.54, 1.807) is 17.8 Å². The molecule has 5 aliphatic rings. The second kappa shape index (κ2) is 10.2. The van der Waals surface area contributed by atoms with Crippen molar-refractivity contribution in [2.45, 2.75) is 56.3 Å². The number of rotatable bonds is 9. The normalized spacial score (nSPS) is 27.4. The van der Waals surface area contributed by atoms with E-state index in [9.17, 15) is 10.4 Å². The number of nitriles is 1. The first-order valence-corrected chi connectivity index (χ1v) is 15.2. The van der Waals surface area contributed by atoms with Gasteiger partial charge in [0.15, 0.2) is 0 Å². The maximum Gasteiger partial charge on any atom is 0.212 e. The van der Waals surface area contributed by atoms with Gasteiger partial charge in [-0.3, -0.25) is 4.90 Å². The fraction of sp³-hybridized carbons (Fsp3) is 0.455. The van der Waals surface area contributed by atoms with Crippen LogP contribution in [0, 0.1) is 23.2 Å². The Morgan fingerprint density at radius 3 is 2.58 bits per heavy atom. The molecule has 0 amide bonds. The summed E-state index contributed by atoms with van der Waals surface area (Å²) in [5.74, 6) is 3.69. The lowest BCUT2D eigenvalue weighted by atomic mass is 9.87. The molecule has 2 bridgehead atoms. The van der Waals surface area contributed by atoms with Crippen LogP contribution in [0.2, 0.25) is 0 Å². The molecule has 2 aliphatic carbocycles. The highest BCUT2D eigenvalue weighted by atomic mass is 16.5. The number of fused-ring (bicyclic) bond motifs is 4. The summed E-state index contributed by atoms with van der Waals surface area (Å²) in [7, 11) is 1.64. The van der Waals surface area contributed by atoms with Gasteiger partial charge in [0, 0.05) is 67.7 Å². The predicted octanol–water partition coefficient (Wildman–Crippen LogP) is 4.06. The van der Waals surface area contributed by atoms with Crippen molar-refractivity contribution in [2.24, 2.45) is 11.8 Å². The summed E-state index contributed by atoms with van der Waals surface area (Å²) in [6.07, 6.45) is 12.1. The molecule has 1 N–H and O–H groups in total. The quantitative estimate of drug-likeness (QED) is 0.315. The Labute approximate surface area is 250 Å². The van der Waals surface area contributed by atoms with E-state index >= 15 is 0 Å². The Hall–Kier alpha value is -4.20. The second-order valence-electron chi connectivity index (χ2n) is 12.8. The lowest BCUT2D eigenvalue weighted by molar-refractivity contribution is -0.00876. The minimum atomic E-state index is -0.598. The standard InChI is InChI=1S/C33H35N7O3/c1-42-31-5-2-21(14-36-31)17-39-26-9-27(39)19-38(18-26)30-4-3-22(15-35-30)29-10-28(20-40-32(29)25(13-34)16-37-40)43-7-6-33(41)11-23-8-24(23)12-33/h2-5,10,14-16,20,23-24,26-27,41H,6-9,11-12,17-19H2,1H3. The molecule has 43 heavy (non-hydrogen) atoms. The molecule has 3 aliphatic heterocycles. The van der Waals surface area contributed by atoms with Crippen LogP contribution in [0.1, 0.15) is 43.2 Å². The van der Waals surface area contributed by atoms with Crippen LogP contribution in [-0.2, 0) is 6.54 Å². The van der Waals surface area contributed by atoms with Gasteiger partial charge >= 0.3 is 0 Å². The Morgan fingerprint density at radius 2 is 1.88 bits per heavy atom. The maximum atomic E-state index is 10.9. The third-order valence-electron chi connectivity index (χ3n) is 10.00. The zero-order chi connectivity index (χ0) is 29.1. The first kappa shape index (κ1) is 26.4. The number of pyridine rings is 3. The van der Waals surface area contributed by atoms with Gasteiger partial charge < -0.3 is 19.5 Å². The fourth-order valence-corrected chi connectivity index (χ4v) is 7.61. The number of methoxy groups -OCH3 is 1. The van der Waals surface area contributed by atoms with Crippen LogP contribution in [0.25, 0.3) is 16.6 Å². The van der Waals surface area contributed by atoms with E-state index in [1.165, 1.54) is 18.4 Å². The highest BCUT2D eigenvalue weighted by molar-refractivity contribution is 5.85. The van der Waals surface area contributed by atoms with Crippen molar-refractivity contribution in [1.29, 1.82) is 5.26 Å². The average Bonchev–Trinajstić information content (AvgIpc) is 3.45. The molecule has 0 aromatic carbocycles. The van der Waals surface area contributed by atoms with Crippen LogP contribution < -0.4 is 14.4 Å². The summed E-state index contributed by atoms with van der Waals surface area (Å²) >= 11 is 0. The predicted molar refractivity (Wildman–Crippen MR) is 160 cm³/mol. The molecule has 3 saturated heterocycles. The largest absolute Gasteiger partial charge is 0.492 e. The fourth-order valence-electron chi connectivity index (χ4n) is 7.61. The van der Waals surface area contributed by atoms with Gasteiger partial charge in [-0.1, -0.05) is 6.07 Å². The molecule has 4 atom stereocenters. The van der Waals surface area contributed by atoms with Crippen molar-refractivity contribution < 1.29 is 14.6 Å². The zero-order valence-corrected chi connectivity index (χ0v) is 24.3. The molecule has 5 fully saturated rings. The molecule has 220 valence electrons. The minimum absolute atomic E-state index is 0.438. The maximum absolute atomic E-state index is 10.9. The molecular weight excluding hydrogens is 542 g/mol. The number of nitrogens with zero attached hydrogens (tertiary/aromatic N) is 7. The van der Waals surface area contributed by atoms with Gasteiger partial charge in [-0.25, -0.2) is 14.5 Å². The minimum Gasteiger partial charge on any atom is -0.492 e. The molecule has 10 heteroatoms. The van der Waals surface area contributed by atoms with Crippen LogP contribution in [-0.4, -0.2) is 74.1 Å². The van der Waals surface area contributed by atoms with Gasteiger partial charge in [0.1, 0.15) is 17.6 Å². The van der Waals surface area contributed by atoms with Crippen LogP contribution in [0.4, 0.5) is 5.82 Å². The van der Waals surface area contributed by atoms with E-state index in [0.717, 1.165) is 54.9 Å². The molecule has 4 aromatic rings. The summed E-state index contributed by atoms with van der Waals surface area (Å²) in [6, 6.07) is 13.4. The number of ether oxygens (including phenoxy) is 2. The van der Waals surface area contributed by atoms with Gasteiger partial charge in [0.05, 0.1) is 42.8 Å². The topological polar surface area (TPSA) is 112 Å². The van der Waals surface area contributed by atoms with Crippen LogP contribution in [0.3, 0.4) is 0 Å². The van der Waals surface area contributed by atoms with Crippen LogP contribution in [0.5, 0.6) is 11.6 Å². The van der Waals surface area contributed by atoms with Gasteiger partial charge in [-0.15, -0.1) is 0 Å². The van der Waals surface area contributed by atoms with E-state index in [4.69, 9.17) is 14.5 Å². The van der Waals surface area contributed by atoms with Crippen molar-refractivity contribution >= 4 is 11.3 Å². The number of hydrogen-bond acceptors (Lipinski definition) is 9. The van der Waals surface area contributed by atoms with Crippen molar-refractivity contribution in [3.05, 3.63) is 66.2 Å². The molecule has 4 unspecified atom stereocenters. The molecule has 10 nitrogen and oxygen atoms in total. The third-order valence-corrected chi connectivity index (χ3v) is 10.00. The van der Waals surface area contributed by atoms with E-state index in [1.807, 2.05) is 30.7 Å². The van der Waals surface area contributed by atoms with Crippen molar-refractivity contribution in [3.8, 4) is 28.8 Å². The van der Waals surface area contributed by atoms with Crippen molar-refractivity contribution in [3.63, 3.8) is 0 Å². The van der Waals surface area contributed by atoms with E-state index in [2.05, 4.69) is 44.2 Å². The molecule has 0 spiro atoms. The van der Waals surface area contributed by atoms with Gasteiger partial charge in [0.25, 0.3) is 0 Å². The van der Waals surface area contributed by atoms with Gasteiger partial charge in [0.2, 0.25) is 5.88 Å². The lowest BCUT2D eigenvalue weighted by Gasteiger charge is -2.56. The van der Waals surface area contributed by atoms with Gasteiger partial charge in [-0.05, 0) is 61.3 Å².